The molecule has 1 heterocycles. The van der Waals surface area contributed by atoms with Gasteiger partial charge in [-0.3, -0.25) is 0 Å². The topological polar surface area (TPSA) is 41.1 Å². The zero-order chi connectivity index (χ0) is 13.7. The fraction of sp³-hybridized carbons (Fsp3) is 0.733. The molecule has 0 radical (unpaired) electrons. The van der Waals surface area contributed by atoms with E-state index in [9.17, 15) is 0 Å². The summed E-state index contributed by atoms with van der Waals surface area (Å²) in [5.41, 5.74) is 1.26. The summed E-state index contributed by atoms with van der Waals surface area (Å²) >= 11 is 0. The quantitative estimate of drug-likeness (QED) is 0.820. The predicted octanol–water partition coefficient (Wildman–Crippen LogP) is 3.10. The summed E-state index contributed by atoms with van der Waals surface area (Å²) in [7, 11) is 0. The summed E-state index contributed by atoms with van der Waals surface area (Å²) in [5.74, 6) is 2.99. The molecule has 0 atom stereocenters. The van der Waals surface area contributed by atoms with Gasteiger partial charge in [-0.25, -0.2) is 9.97 Å². The maximum absolute atomic E-state index is 4.55. The fourth-order valence-corrected chi connectivity index (χ4v) is 2.67. The fourth-order valence-electron chi connectivity index (χ4n) is 2.67. The van der Waals surface area contributed by atoms with Gasteiger partial charge in [-0.05, 0) is 39.0 Å². The van der Waals surface area contributed by atoms with Crippen LogP contribution in [0.3, 0.4) is 0 Å². The normalized spacial score (nSPS) is 15.1. The van der Waals surface area contributed by atoms with Crippen LogP contribution in [-0.2, 0) is 6.42 Å². The van der Waals surface area contributed by atoms with Crippen LogP contribution in [0.1, 0.15) is 45.6 Å². The van der Waals surface area contributed by atoms with Crippen LogP contribution in [0.4, 0.5) is 11.6 Å². The van der Waals surface area contributed by atoms with E-state index in [0.29, 0.717) is 0 Å². The SMILES string of the molecule is CCNc1ncnc(N(CC)CC2CCC2)c1CC. The molecule has 1 N–H and O–H groups in total. The van der Waals surface area contributed by atoms with Gasteiger partial charge in [0.2, 0.25) is 0 Å². The van der Waals surface area contributed by atoms with Gasteiger partial charge < -0.3 is 10.2 Å². The van der Waals surface area contributed by atoms with Gasteiger partial charge in [0.25, 0.3) is 0 Å². The molecule has 4 heteroatoms. The Balaban J connectivity index is 2.21. The highest BCUT2D eigenvalue weighted by Gasteiger charge is 2.22. The van der Waals surface area contributed by atoms with Crippen LogP contribution in [0, 0.1) is 5.92 Å². The molecule has 2 rings (SSSR count). The molecule has 1 aromatic heterocycles. The van der Waals surface area contributed by atoms with Gasteiger partial charge in [0.1, 0.15) is 18.0 Å². The monoisotopic (exact) mass is 262 g/mol. The van der Waals surface area contributed by atoms with Crippen molar-refractivity contribution in [1.82, 2.24) is 9.97 Å². The molecule has 106 valence electrons. The highest BCUT2D eigenvalue weighted by molar-refractivity contribution is 5.58. The van der Waals surface area contributed by atoms with Gasteiger partial charge in [0.05, 0.1) is 0 Å². The second-order valence-corrected chi connectivity index (χ2v) is 5.24. The molecule has 0 bridgehead atoms. The van der Waals surface area contributed by atoms with E-state index in [0.717, 1.165) is 43.6 Å². The predicted molar refractivity (Wildman–Crippen MR) is 80.8 cm³/mol. The number of anilines is 2. The minimum atomic E-state index is 0.863. The average molecular weight is 262 g/mol. The summed E-state index contributed by atoms with van der Waals surface area (Å²) in [5, 5.41) is 3.35. The minimum absolute atomic E-state index is 0.863. The summed E-state index contributed by atoms with van der Waals surface area (Å²) in [6.45, 7) is 9.57. The van der Waals surface area contributed by atoms with E-state index in [1.807, 2.05) is 0 Å². The van der Waals surface area contributed by atoms with E-state index in [4.69, 9.17) is 0 Å². The Kier molecular flexibility index (Phi) is 5.00. The molecule has 0 amide bonds. The molecule has 1 fully saturated rings. The lowest BCUT2D eigenvalue weighted by atomic mass is 9.85. The van der Waals surface area contributed by atoms with Crippen molar-refractivity contribution in [2.45, 2.75) is 46.5 Å². The molecule has 0 saturated heterocycles. The van der Waals surface area contributed by atoms with Crippen LogP contribution in [0.15, 0.2) is 6.33 Å². The highest BCUT2D eigenvalue weighted by atomic mass is 15.2. The van der Waals surface area contributed by atoms with Crippen molar-refractivity contribution >= 4 is 11.6 Å². The first kappa shape index (κ1) is 14.1. The van der Waals surface area contributed by atoms with Gasteiger partial charge >= 0.3 is 0 Å². The minimum Gasteiger partial charge on any atom is -0.370 e. The van der Waals surface area contributed by atoms with Crippen molar-refractivity contribution in [3.63, 3.8) is 0 Å². The van der Waals surface area contributed by atoms with Crippen molar-refractivity contribution in [3.05, 3.63) is 11.9 Å². The zero-order valence-electron chi connectivity index (χ0n) is 12.4. The van der Waals surface area contributed by atoms with E-state index in [2.05, 4.69) is 41.0 Å². The number of nitrogens with zero attached hydrogens (tertiary/aromatic N) is 3. The van der Waals surface area contributed by atoms with Crippen molar-refractivity contribution < 1.29 is 0 Å². The lowest BCUT2D eigenvalue weighted by Gasteiger charge is -2.33. The third kappa shape index (κ3) is 3.17. The van der Waals surface area contributed by atoms with Crippen LogP contribution in [0.5, 0.6) is 0 Å². The lowest BCUT2D eigenvalue weighted by molar-refractivity contribution is 0.318. The van der Waals surface area contributed by atoms with Crippen LogP contribution in [0.25, 0.3) is 0 Å². The zero-order valence-corrected chi connectivity index (χ0v) is 12.4. The molecule has 1 aliphatic rings. The Hall–Kier alpha value is -1.32. The van der Waals surface area contributed by atoms with Gasteiger partial charge in [-0.1, -0.05) is 13.3 Å². The molecule has 0 aliphatic heterocycles. The first-order chi connectivity index (χ1) is 9.30. The molecular weight excluding hydrogens is 236 g/mol. The molecule has 0 spiro atoms. The third-order valence-electron chi connectivity index (χ3n) is 4.00. The summed E-state index contributed by atoms with van der Waals surface area (Å²) in [6, 6.07) is 0. The summed E-state index contributed by atoms with van der Waals surface area (Å²) in [6.07, 6.45) is 6.82. The van der Waals surface area contributed by atoms with Crippen LogP contribution in [0.2, 0.25) is 0 Å². The van der Waals surface area contributed by atoms with E-state index < -0.39 is 0 Å². The summed E-state index contributed by atoms with van der Waals surface area (Å²) < 4.78 is 0. The van der Waals surface area contributed by atoms with E-state index in [-0.39, 0.29) is 0 Å². The van der Waals surface area contributed by atoms with Crippen molar-refractivity contribution in [2.24, 2.45) is 5.92 Å². The van der Waals surface area contributed by atoms with E-state index in [1.165, 1.54) is 24.8 Å². The van der Waals surface area contributed by atoms with Crippen molar-refractivity contribution in [3.8, 4) is 0 Å². The second kappa shape index (κ2) is 6.73. The third-order valence-corrected chi connectivity index (χ3v) is 4.00. The van der Waals surface area contributed by atoms with E-state index >= 15 is 0 Å². The van der Waals surface area contributed by atoms with Crippen molar-refractivity contribution in [2.75, 3.05) is 29.9 Å². The molecule has 0 unspecified atom stereocenters. The van der Waals surface area contributed by atoms with E-state index in [1.54, 1.807) is 6.33 Å². The maximum Gasteiger partial charge on any atom is 0.137 e. The number of nitrogens with one attached hydrogen (secondary N) is 1. The molecule has 1 aromatic rings. The molecule has 1 aliphatic carbocycles. The smallest absolute Gasteiger partial charge is 0.137 e. The maximum atomic E-state index is 4.55. The Morgan fingerprint density at radius 3 is 2.58 bits per heavy atom. The Morgan fingerprint density at radius 2 is 2.05 bits per heavy atom. The molecule has 4 nitrogen and oxygen atoms in total. The Morgan fingerprint density at radius 1 is 1.26 bits per heavy atom. The van der Waals surface area contributed by atoms with Crippen LogP contribution >= 0.6 is 0 Å². The standard InChI is InChI=1S/C15H26N4/c1-4-13-14(16-5-2)17-11-18-15(13)19(6-3)10-12-8-7-9-12/h11-12H,4-10H2,1-3H3,(H,16,17,18). The number of rotatable bonds is 7. The first-order valence-electron chi connectivity index (χ1n) is 7.62. The number of hydrogen-bond donors (Lipinski definition) is 1. The number of hydrogen-bond acceptors (Lipinski definition) is 4. The molecule has 1 saturated carbocycles. The van der Waals surface area contributed by atoms with Gasteiger partial charge in [-0.2, -0.15) is 0 Å². The highest BCUT2D eigenvalue weighted by Crippen LogP contribution is 2.30. The first-order valence-corrected chi connectivity index (χ1v) is 7.62. The van der Waals surface area contributed by atoms with Crippen LogP contribution in [-0.4, -0.2) is 29.6 Å². The Bertz CT molecular complexity index is 401. The van der Waals surface area contributed by atoms with Crippen molar-refractivity contribution in [1.29, 1.82) is 0 Å². The average Bonchev–Trinajstić information content (AvgIpc) is 2.38. The molecule has 0 aromatic carbocycles. The molecular formula is C15H26N4. The lowest BCUT2D eigenvalue weighted by Crippen LogP contribution is -2.34. The van der Waals surface area contributed by atoms with Crippen LogP contribution < -0.4 is 10.2 Å². The largest absolute Gasteiger partial charge is 0.370 e. The number of aromatic nitrogens is 2. The summed E-state index contributed by atoms with van der Waals surface area (Å²) in [4.78, 5) is 11.4. The van der Waals surface area contributed by atoms with Gasteiger partial charge in [-0.15, -0.1) is 0 Å². The Labute approximate surface area is 116 Å². The second-order valence-electron chi connectivity index (χ2n) is 5.24. The molecule has 19 heavy (non-hydrogen) atoms. The van der Waals surface area contributed by atoms with Gasteiger partial charge in [0.15, 0.2) is 0 Å². The van der Waals surface area contributed by atoms with Gasteiger partial charge in [0, 0.05) is 25.2 Å².